The standard InChI is InChI=1S/C16H15N3O3/c1-10-7-13(20)11(9-19(10)2)16(21)17-8-15-18-12-5-3-4-6-14(12)22-15/h3-7,9H,8H2,1-2H3,(H,17,21). The number of oxazole rings is 1. The third kappa shape index (κ3) is 2.63. The lowest BCUT2D eigenvalue weighted by Crippen LogP contribution is -2.29. The Morgan fingerprint density at radius 1 is 1.36 bits per heavy atom. The topological polar surface area (TPSA) is 77.1 Å². The van der Waals surface area contributed by atoms with Crippen molar-refractivity contribution >= 4 is 17.0 Å². The summed E-state index contributed by atoms with van der Waals surface area (Å²) in [6.45, 7) is 1.94. The van der Waals surface area contributed by atoms with E-state index in [1.807, 2.05) is 24.3 Å². The second kappa shape index (κ2) is 5.48. The lowest BCUT2D eigenvalue weighted by molar-refractivity contribution is 0.0945. The minimum Gasteiger partial charge on any atom is -0.439 e. The Hall–Kier alpha value is -2.89. The van der Waals surface area contributed by atoms with Gasteiger partial charge in [0.1, 0.15) is 11.1 Å². The quantitative estimate of drug-likeness (QED) is 0.799. The molecule has 1 N–H and O–H groups in total. The van der Waals surface area contributed by atoms with E-state index in [1.54, 1.807) is 18.5 Å². The first-order valence-electron chi connectivity index (χ1n) is 6.84. The predicted molar refractivity (Wildman–Crippen MR) is 81.6 cm³/mol. The summed E-state index contributed by atoms with van der Waals surface area (Å²) in [6, 6.07) is 8.80. The van der Waals surface area contributed by atoms with Gasteiger partial charge in [0.2, 0.25) is 5.89 Å². The van der Waals surface area contributed by atoms with E-state index in [-0.39, 0.29) is 17.5 Å². The van der Waals surface area contributed by atoms with Crippen LogP contribution in [0.25, 0.3) is 11.1 Å². The van der Waals surface area contributed by atoms with E-state index < -0.39 is 5.91 Å². The predicted octanol–water partition coefficient (Wildman–Crippen LogP) is 1.76. The molecule has 3 aromatic rings. The molecule has 3 rings (SSSR count). The second-order valence-electron chi connectivity index (χ2n) is 5.06. The van der Waals surface area contributed by atoms with Crippen molar-refractivity contribution in [3.05, 3.63) is 63.9 Å². The van der Waals surface area contributed by atoms with Crippen LogP contribution in [-0.4, -0.2) is 15.5 Å². The van der Waals surface area contributed by atoms with Crippen LogP contribution in [-0.2, 0) is 13.6 Å². The summed E-state index contributed by atoms with van der Waals surface area (Å²) < 4.78 is 7.25. The number of carbonyl (C=O) groups excluding carboxylic acids is 1. The summed E-state index contributed by atoms with van der Waals surface area (Å²) in [6.07, 6.45) is 1.53. The number of para-hydroxylation sites is 2. The number of fused-ring (bicyclic) bond motifs is 1. The number of aromatic nitrogens is 2. The minimum atomic E-state index is -0.442. The molecule has 0 aliphatic heterocycles. The number of benzene rings is 1. The normalized spacial score (nSPS) is 10.8. The van der Waals surface area contributed by atoms with Gasteiger partial charge in [0.15, 0.2) is 11.0 Å². The molecule has 0 saturated heterocycles. The number of aryl methyl sites for hydroxylation is 2. The average Bonchev–Trinajstić information content (AvgIpc) is 2.91. The lowest BCUT2D eigenvalue weighted by atomic mass is 10.2. The maximum absolute atomic E-state index is 12.1. The summed E-state index contributed by atoms with van der Waals surface area (Å²) in [5.41, 5.74) is 1.99. The van der Waals surface area contributed by atoms with Gasteiger partial charge in [0.05, 0.1) is 6.54 Å². The van der Waals surface area contributed by atoms with Gasteiger partial charge >= 0.3 is 0 Å². The average molecular weight is 297 g/mol. The highest BCUT2D eigenvalue weighted by molar-refractivity contribution is 5.93. The molecular formula is C16H15N3O3. The smallest absolute Gasteiger partial charge is 0.257 e. The first kappa shape index (κ1) is 14.1. The van der Waals surface area contributed by atoms with Crippen LogP contribution in [0.2, 0.25) is 0 Å². The highest BCUT2D eigenvalue weighted by Crippen LogP contribution is 2.14. The summed E-state index contributed by atoms with van der Waals surface area (Å²) >= 11 is 0. The highest BCUT2D eigenvalue weighted by atomic mass is 16.3. The molecule has 0 bridgehead atoms. The molecule has 22 heavy (non-hydrogen) atoms. The fourth-order valence-electron chi connectivity index (χ4n) is 2.15. The number of carbonyl (C=O) groups is 1. The van der Waals surface area contributed by atoms with Crippen LogP contribution in [0, 0.1) is 6.92 Å². The van der Waals surface area contributed by atoms with Gasteiger partial charge in [-0.15, -0.1) is 0 Å². The number of amides is 1. The molecule has 6 heteroatoms. The molecule has 2 heterocycles. The number of pyridine rings is 1. The van der Waals surface area contributed by atoms with Crippen LogP contribution in [0.3, 0.4) is 0 Å². The van der Waals surface area contributed by atoms with E-state index >= 15 is 0 Å². The monoisotopic (exact) mass is 297 g/mol. The van der Waals surface area contributed by atoms with E-state index in [9.17, 15) is 9.59 Å². The van der Waals surface area contributed by atoms with Gasteiger partial charge in [-0.3, -0.25) is 9.59 Å². The molecule has 0 aliphatic carbocycles. The van der Waals surface area contributed by atoms with E-state index in [2.05, 4.69) is 10.3 Å². The summed E-state index contributed by atoms with van der Waals surface area (Å²) in [4.78, 5) is 28.3. The molecule has 0 spiro atoms. The molecule has 0 unspecified atom stereocenters. The molecule has 112 valence electrons. The van der Waals surface area contributed by atoms with Gasteiger partial charge in [-0.25, -0.2) is 4.98 Å². The SMILES string of the molecule is Cc1cc(=O)c(C(=O)NCc2nc3ccccc3o2)cn1C. The molecule has 0 aliphatic rings. The molecule has 0 saturated carbocycles. The zero-order valence-corrected chi connectivity index (χ0v) is 12.3. The van der Waals surface area contributed by atoms with Crippen LogP contribution in [0.15, 0.2) is 45.7 Å². The molecular weight excluding hydrogens is 282 g/mol. The van der Waals surface area contributed by atoms with Crippen molar-refractivity contribution in [2.45, 2.75) is 13.5 Å². The van der Waals surface area contributed by atoms with E-state index in [4.69, 9.17) is 4.42 Å². The third-order valence-electron chi connectivity index (χ3n) is 3.47. The third-order valence-corrected chi connectivity index (χ3v) is 3.47. The Morgan fingerprint density at radius 2 is 2.14 bits per heavy atom. The van der Waals surface area contributed by atoms with Crippen LogP contribution in [0.5, 0.6) is 0 Å². The van der Waals surface area contributed by atoms with E-state index in [0.717, 1.165) is 11.2 Å². The Labute approximate surface area is 126 Å². The number of hydrogen-bond donors (Lipinski definition) is 1. The van der Waals surface area contributed by atoms with E-state index in [0.29, 0.717) is 11.5 Å². The number of nitrogens with zero attached hydrogens (tertiary/aromatic N) is 2. The summed E-state index contributed by atoms with van der Waals surface area (Å²) in [7, 11) is 1.78. The zero-order valence-electron chi connectivity index (χ0n) is 12.3. The fraction of sp³-hybridized carbons (Fsp3) is 0.188. The first-order chi connectivity index (χ1) is 10.5. The maximum Gasteiger partial charge on any atom is 0.257 e. The van der Waals surface area contributed by atoms with Crippen molar-refractivity contribution in [1.82, 2.24) is 14.9 Å². The Bertz CT molecular complexity index is 875. The molecule has 0 atom stereocenters. The van der Waals surface area contributed by atoms with Crippen molar-refractivity contribution in [2.75, 3.05) is 0 Å². The van der Waals surface area contributed by atoms with Crippen LogP contribution in [0.4, 0.5) is 0 Å². The highest BCUT2D eigenvalue weighted by Gasteiger charge is 2.13. The van der Waals surface area contributed by atoms with Gasteiger partial charge in [-0.1, -0.05) is 12.1 Å². The zero-order chi connectivity index (χ0) is 15.7. The summed E-state index contributed by atoms with van der Waals surface area (Å²) in [5, 5.41) is 2.66. The Kier molecular flexibility index (Phi) is 3.50. The molecule has 1 aromatic carbocycles. The molecule has 0 fully saturated rings. The van der Waals surface area contributed by atoms with E-state index in [1.165, 1.54) is 12.3 Å². The van der Waals surface area contributed by atoms with Gasteiger partial charge < -0.3 is 14.3 Å². The Balaban J connectivity index is 1.77. The van der Waals surface area contributed by atoms with Gasteiger partial charge in [-0.05, 0) is 19.1 Å². The lowest BCUT2D eigenvalue weighted by Gasteiger charge is -2.07. The largest absolute Gasteiger partial charge is 0.439 e. The summed E-state index contributed by atoms with van der Waals surface area (Å²) in [5.74, 6) is -0.0404. The number of rotatable bonds is 3. The molecule has 2 aromatic heterocycles. The van der Waals surface area contributed by atoms with Gasteiger partial charge in [0, 0.05) is 25.0 Å². The maximum atomic E-state index is 12.1. The number of nitrogens with one attached hydrogen (secondary N) is 1. The molecule has 0 radical (unpaired) electrons. The van der Waals surface area contributed by atoms with Crippen molar-refractivity contribution in [1.29, 1.82) is 0 Å². The Morgan fingerprint density at radius 3 is 2.91 bits per heavy atom. The fourth-order valence-corrected chi connectivity index (χ4v) is 2.15. The second-order valence-corrected chi connectivity index (χ2v) is 5.06. The van der Waals surface area contributed by atoms with Crippen molar-refractivity contribution in [2.24, 2.45) is 7.05 Å². The first-order valence-corrected chi connectivity index (χ1v) is 6.84. The van der Waals surface area contributed by atoms with Crippen molar-refractivity contribution in [3.8, 4) is 0 Å². The van der Waals surface area contributed by atoms with Gasteiger partial charge in [-0.2, -0.15) is 0 Å². The molecule has 6 nitrogen and oxygen atoms in total. The van der Waals surface area contributed by atoms with Crippen molar-refractivity contribution < 1.29 is 9.21 Å². The van der Waals surface area contributed by atoms with Crippen LogP contribution < -0.4 is 10.7 Å². The van der Waals surface area contributed by atoms with Crippen LogP contribution >= 0.6 is 0 Å². The van der Waals surface area contributed by atoms with Gasteiger partial charge in [0.25, 0.3) is 5.91 Å². The van der Waals surface area contributed by atoms with Crippen LogP contribution in [0.1, 0.15) is 21.9 Å². The minimum absolute atomic E-state index is 0.101. The number of hydrogen-bond acceptors (Lipinski definition) is 4. The van der Waals surface area contributed by atoms with Crippen molar-refractivity contribution in [3.63, 3.8) is 0 Å². The molecule has 1 amide bonds.